The summed E-state index contributed by atoms with van der Waals surface area (Å²) in [5.41, 5.74) is 2.14. The second kappa shape index (κ2) is 6.82. The van der Waals surface area contributed by atoms with Crippen molar-refractivity contribution in [2.24, 2.45) is 0 Å². The van der Waals surface area contributed by atoms with E-state index in [2.05, 4.69) is 21.0 Å². The molecule has 0 unspecified atom stereocenters. The first-order valence-electron chi connectivity index (χ1n) is 9.11. The van der Waals surface area contributed by atoms with Gasteiger partial charge >= 0.3 is 5.69 Å². The molecule has 8 heteroatoms. The lowest BCUT2D eigenvalue weighted by atomic mass is 10.2. The molecule has 0 saturated carbocycles. The standard InChI is InChI=1S/C21H16N4O3S/c1-12-9-17(28-13-5-3-2-4-6-13)23-10-15(12)25-14-7-8-22-20-18(14)19(24-21(25)27)16(11-26)29-20/h3,5-11,26H,2,4H2,1H3. The van der Waals surface area contributed by atoms with Crippen LogP contribution in [0.5, 0.6) is 5.88 Å². The maximum atomic E-state index is 12.9. The highest BCUT2D eigenvalue weighted by Crippen LogP contribution is 2.27. The molecule has 1 N–H and O–H groups in total. The van der Waals surface area contributed by atoms with Crippen molar-refractivity contribution in [3.63, 3.8) is 0 Å². The zero-order chi connectivity index (χ0) is 20.0. The van der Waals surface area contributed by atoms with Crippen LogP contribution in [0.25, 0.3) is 33.2 Å². The van der Waals surface area contributed by atoms with E-state index in [9.17, 15) is 9.90 Å². The highest BCUT2D eigenvalue weighted by molar-refractivity contribution is 7.17. The summed E-state index contributed by atoms with van der Waals surface area (Å²) >= 11 is 1.29. The number of pyridine rings is 2. The average molecular weight is 404 g/mol. The lowest BCUT2D eigenvalue weighted by Gasteiger charge is -2.14. The van der Waals surface area contributed by atoms with Crippen LogP contribution < -0.4 is 15.0 Å². The smallest absolute Gasteiger partial charge is 0.353 e. The van der Waals surface area contributed by atoms with Crippen LogP contribution >= 0.6 is 11.3 Å². The summed E-state index contributed by atoms with van der Waals surface area (Å²) in [7, 11) is 0. The topological polar surface area (TPSA) is 90.1 Å². The molecule has 1 aliphatic carbocycles. The fourth-order valence-corrected chi connectivity index (χ4v) is 4.40. The van der Waals surface area contributed by atoms with E-state index in [1.165, 1.54) is 15.9 Å². The molecule has 144 valence electrons. The summed E-state index contributed by atoms with van der Waals surface area (Å²) < 4.78 is 7.87. The Balaban J connectivity index is 1.67. The van der Waals surface area contributed by atoms with Gasteiger partial charge in [0.1, 0.15) is 16.1 Å². The molecule has 4 heterocycles. The van der Waals surface area contributed by atoms with Crippen LogP contribution in [0.3, 0.4) is 0 Å². The van der Waals surface area contributed by atoms with Gasteiger partial charge < -0.3 is 9.84 Å². The molecule has 0 saturated heterocycles. The van der Waals surface area contributed by atoms with E-state index >= 15 is 0 Å². The van der Waals surface area contributed by atoms with Gasteiger partial charge in [-0.15, -0.1) is 11.3 Å². The fourth-order valence-electron chi connectivity index (χ4n) is 3.47. The summed E-state index contributed by atoms with van der Waals surface area (Å²) in [6.45, 7) is 1.90. The van der Waals surface area contributed by atoms with E-state index in [-0.39, 0.29) is 0 Å². The number of hydrogen-bond acceptors (Lipinski definition) is 7. The van der Waals surface area contributed by atoms with Gasteiger partial charge in [0.2, 0.25) is 5.88 Å². The molecule has 4 aromatic heterocycles. The summed E-state index contributed by atoms with van der Waals surface area (Å²) in [5, 5.41) is 10.2. The van der Waals surface area contributed by atoms with Gasteiger partial charge in [0, 0.05) is 12.3 Å². The maximum Gasteiger partial charge on any atom is 0.353 e. The molecule has 0 atom stereocenters. The van der Waals surface area contributed by atoms with Crippen LogP contribution in [0.4, 0.5) is 0 Å². The molecule has 4 aromatic rings. The van der Waals surface area contributed by atoms with Crippen molar-refractivity contribution in [3.05, 3.63) is 69.1 Å². The van der Waals surface area contributed by atoms with Crippen molar-refractivity contribution in [2.45, 2.75) is 19.8 Å². The van der Waals surface area contributed by atoms with Gasteiger partial charge in [0.05, 0.1) is 33.6 Å². The Morgan fingerprint density at radius 2 is 2.21 bits per heavy atom. The molecule has 29 heavy (non-hydrogen) atoms. The zero-order valence-corrected chi connectivity index (χ0v) is 16.3. The predicted molar refractivity (Wildman–Crippen MR) is 112 cm³/mol. The van der Waals surface area contributed by atoms with Crippen molar-refractivity contribution >= 4 is 38.8 Å². The van der Waals surface area contributed by atoms with Gasteiger partial charge in [-0.3, -0.25) is 4.57 Å². The molecule has 0 spiro atoms. The van der Waals surface area contributed by atoms with Crippen molar-refractivity contribution in [1.82, 2.24) is 19.5 Å². The molecule has 0 bridgehead atoms. The number of nitrogens with zero attached hydrogens (tertiary/aromatic N) is 4. The molecule has 1 aliphatic rings. The molecular weight excluding hydrogens is 388 g/mol. The van der Waals surface area contributed by atoms with Crippen LogP contribution in [0.2, 0.25) is 0 Å². The fraction of sp³-hybridized carbons (Fsp3) is 0.143. The van der Waals surface area contributed by atoms with Crippen molar-refractivity contribution < 1.29 is 9.84 Å². The van der Waals surface area contributed by atoms with Crippen LogP contribution in [0.1, 0.15) is 18.4 Å². The third-order valence-corrected chi connectivity index (χ3v) is 5.83. The Labute approximate surface area is 168 Å². The lowest BCUT2D eigenvalue weighted by molar-refractivity contribution is 0.421. The van der Waals surface area contributed by atoms with Crippen molar-refractivity contribution in [2.75, 3.05) is 0 Å². The number of hydrogen-bond donors (Lipinski definition) is 1. The number of thiophene rings is 1. The molecule has 0 aromatic carbocycles. The monoisotopic (exact) mass is 404 g/mol. The molecule has 0 fully saturated rings. The Bertz CT molecular complexity index is 1430. The van der Waals surface area contributed by atoms with E-state index in [1.54, 1.807) is 24.5 Å². The first kappa shape index (κ1) is 17.6. The molecule has 7 nitrogen and oxygen atoms in total. The molecular formula is C21H16N4O3S. The summed E-state index contributed by atoms with van der Waals surface area (Å²) in [6.07, 6.45) is 12.2. The second-order valence-corrected chi connectivity index (χ2v) is 7.71. The van der Waals surface area contributed by atoms with Gasteiger partial charge in [0.15, 0.2) is 0 Å². The second-order valence-electron chi connectivity index (χ2n) is 6.68. The van der Waals surface area contributed by atoms with Gasteiger partial charge in [-0.05, 0) is 43.5 Å². The van der Waals surface area contributed by atoms with E-state index in [0.29, 0.717) is 32.0 Å². The number of aliphatic hydroxyl groups is 1. The van der Waals surface area contributed by atoms with Crippen LogP contribution in [0, 0.1) is 6.92 Å². The summed E-state index contributed by atoms with van der Waals surface area (Å²) in [6, 6.07) is 3.58. The molecule has 0 amide bonds. The number of allylic oxidation sites excluding steroid dienone is 3. The molecule has 0 radical (unpaired) electrons. The Hall–Kier alpha value is -3.52. The SMILES string of the molecule is Cc1cc(OC2=CCCC=C2)ncc1-n1c(=O)nc2c(=CO)sc3nccc1c32. The van der Waals surface area contributed by atoms with Crippen LogP contribution in [-0.4, -0.2) is 24.6 Å². The average Bonchev–Trinajstić information content (AvgIpc) is 3.09. The Kier molecular flexibility index (Phi) is 4.13. The van der Waals surface area contributed by atoms with E-state index < -0.39 is 5.69 Å². The van der Waals surface area contributed by atoms with Gasteiger partial charge in [-0.2, -0.15) is 4.98 Å². The van der Waals surface area contributed by atoms with Gasteiger partial charge in [-0.1, -0.05) is 6.08 Å². The largest absolute Gasteiger partial charge is 0.514 e. The Morgan fingerprint density at radius 1 is 1.31 bits per heavy atom. The van der Waals surface area contributed by atoms with Crippen molar-refractivity contribution in [1.29, 1.82) is 0 Å². The maximum absolute atomic E-state index is 12.9. The third-order valence-electron chi connectivity index (χ3n) is 4.81. The summed E-state index contributed by atoms with van der Waals surface area (Å²) in [4.78, 5) is 26.5. The normalized spacial score (nSPS) is 14.7. The highest BCUT2D eigenvalue weighted by atomic mass is 32.1. The summed E-state index contributed by atoms with van der Waals surface area (Å²) in [5.74, 6) is 1.24. The van der Waals surface area contributed by atoms with Crippen LogP contribution in [-0.2, 0) is 0 Å². The lowest BCUT2D eigenvalue weighted by Crippen LogP contribution is -2.23. The minimum atomic E-state index is -0.442. The number of aliphatic hydroxyl groups excluding tert-OH is 1. The van der Waals surface area contributed by atoms with E-state index in [4.69, 9.17) is 4.74 Å². The van der Waals surface area contributed by atoms with E-state index in [0.717, 1.165) is 35.8 Å². The number of aromatic nitrogens is 4. The number of rotatable bonds is 3. The zero-order valence-electron chi connectivity index (χ0n) is 15.5. The highest BCUT2D eigenvalue weighted by Gasteiger charge is 2.17. The Morgan fingerprint density at radius 3 is 2.97 bits per heavy atom. The first-order valence-corrected chi connectivity index (χ1v) is 9.93. The van der Waals surface area contributed by atoms with Gasteiger partial charge in [-0.25, -0.2) is 14.8 Å². The molecule has 5 rings (SSSR count). The minimum absolute atomic E-state index is 0.442. The van der Waals surface area contributed by atoms with E-state index in [1.807, 2.05) is 19.1 Å². The van der Waals surface area contributed by atoms with Crippen molar-refractivity contribution in [3.8, 4) is 11.6 Å². The van der Waals surface area contributed by atoms with Gasteiger partial charge in [0.25, 0.3) is 0 Å². The third kappa shape index (κ3) is 2.89. The number of aryl methyl sites for hydroxylation is 1. The quantitative estimate of drug-likeness (QED) is 0.563. The first-order chi connectivity index (χ1) is 14.2. The molecule has 0 aliphatic heterocycles. The minimum Gasteiger partial charge on any atom is -0.514 e. The number of ether oxygens (including phenoxy) is 1. The predicted octanol–water partition coefficient (Wildman–Crippen LogP) is 3.33. The van der Waals surface area contributed by atoms with Crippen LogP contribution in [0.15, 0.2) is 53.3 Å².